The number of carbonyl (C=O) groups is 1. The quantitative estimate of drug-likeness (QED) is 0.883. The average molecular weight is 318 g/mol. The van der Waals surface area contributed by atoms with Crippen LogP contribution in [0.5, 0.6) is 0 Å². The molecular weight excluding hydrogens is 299 g/mol. The first kappa shape index (κ1) is 15.5. The number of halogens is 1. The van der Waals surface area contributed by atoms with Gasteiger partial charge in [-0.15, -0.1) is 0 Å². The van der Waals surface area contributed by atoms with Crippen LogP contribution in [0.15, 0.2) is 28.8 Å². The first-order chi connectivity index (χ1) is 11.2. The molecule has 1 aliphatic rings. The highest BCUT2D eigenvalue weighted by molar-refractivity contribution is 5.79. The SMILES string of the molecule is CNC(=O)C1CCCC1Nc1noc(Cc2ccc(F)cc2)n1. The van der Waals surface area contributed by atoms with Crippen LogP contribution in [0.2, 0.25) is 0 Å². The van der Waals surface area contributed by atoms with Gasteiger partial charge in [0.05, 0.1) is 12.3 Å². The predicted molar refractivity (Wildman–Crippen MR) is 82.3 cm³/mol. The van der Waals surface area contributed by atoms with Crippen molar-refractivity contribution in [2.45, 2.75) is 31.7 Å². The van der Waals surface area contributed by atoms with E-state index in [1.807, 2.05) is 0 Å². The summed E-state index contributed by atoms with van der Waals surface area (Å²) in [5.41, 5.74) is 0.894. The fraction of sp³-hybridized carbons (Fsp3) is 0.438. The van der Waals surface area contributed by atoms with Crippen molar-refractivity contribution in [3.8, 4) is 0 Å². The van der Waals surface area contributed by atoms with Gasteiger partial charge in [-0.2, -0.15) is 4.98 Å². The number of benzene rings is 1. The van der Waals surface area contributed by atoms with E-state index in [1.165, 1.54) is 12.1 Å². The van der Waals surface area contributed by atoms with Crippen molar-refractivity contribution in [1.82, 2.24) is 15.5 Å². The molecule has 1 aromatic carbocycles. The Balaban J connectivity index is 1.63. The van der Waals surface area contributed by atoms with Crippen molar-refractivity contribution in [1.29, 1.82) is 0 Å². The smallest absolute Gasteiger partial charge is 0.263 e. The van der Waals surface area contributed by atoms with Crippen LogP contribution in [0.4, 0.5) is 10.3 Å². The topological polar surface area (TPSA) is 80.0 Å². The van der Waals surface area contributed by atoms with E-state index < -0.39 is 0 Å². The lowest BCUT2D eigenvalue weighted by Gasteiger charge is -2.18. The van der Waals surface area contributed by atoms with Crippen LogP contribution in [-0.4, -0.2) is 29.1 Å². The number of carbonyl (C=O) groups excluding carboxylic acids is 1. The third-order valence-electron chi connectivity index (χ3n) is 4.15. The van der Waals surface area contributed by atoms with Crippen molar-refractivity contribution in [3.05, 3.63) is 41.5 Å². The summed E-state index contributed by atoms with van der Waals surface area (Å²) in [7, 11) is 1.65. The number of nitrogens with one attached hydrogen (secondary N) is 2. The maximum absolute atomic E-state index is 12.9. The first-order valence-corrected chi connectivity index (χ1v) is 7.71. The summed E-state index contributed by atoms with van der Waals surface area (Å²) < 4.78 is 18.1. The third-order valence-corrected chi connectivity index (χ3v) is 4.15. The summed E-state index contributed by atoms with van der Waals surface area (Å²) >= 11 is 0. The molecule has 2 unspecified atom stereocenters. The zero-order valence-electron chi connectivity index (χ0n) is 12.9. The largest absolute Gasteiger partial charge is 0.359 e. The van der Waals surface area contributed by atoms with Crippen LogP contribution < -0.4 is 10.6 Å². The highest BCUT2D eigenvalue weighted by atomic mass is 19.1. The molecule has 0 saturated heterocycles. The second-order valence-electron chi connectivity index (χ2n) is 5.72. The molecule has 2 aromatic rings. The van der Waals surface area contributed by atoms with E-state index in [-0.39, 0.29) is 23.7 Å². The molecule has 6 nitrogen and oxygen atoms in total. The molecule has 2 N–H and O–H groups in total. The molecule has 1 aromatic heterocycles. The van der Waals surface area contributed by atoms with Crippen LogP contribution in [0.25, 0.3) is 0 Å². The van der Waals surface area contributed by atoms with Crippen molar-refractivity contribution in [3.63, 3.8) is 0 Å². The summed E-state index contributed by atoms with van der Waals surface area (Å²) in [5.74, 6) is 0.536. The van der Waals surface area contributed by atoms with E-state index in [0.717, 1.165) is 24.8 Å². The molecule has 1 saturated carbocycles. The van der Waals surface area contributed by atoms with E-state index >= 15 is 0 Å². The molecule has 2 atom stereocenters. The maximum atomic E-state index is 12.9. The second-order valence-corrected chi connectivity index (χ2v) is 5.72. The van der Waals surface area contributed by atoms with Gasteiger partial charge in [-0.3, -0.25) is 4.79 Å². The van der Waals surface area contributed by atoms with Crippen LogP contribution in [0.1, 0.15) is 30.7 Å². The summed E-state index contributed by atoms with van der Waals surface area (Å²) in [6.45, 7) is 0. The number of aromatic nitrogens is 2. The first-order valence-electron chi connectivity index (χ1n) is 7.71. The minimum absolute atomic E-state index is 0.0196. The number of hydrogen-bond donors (Lipinski definition) is 2. The van der Waals surface area contributed by atoms with Gasteiger partial charge in [-0.1, -0.05) is 18.6 Å². The van der Waals surface area contributed by atoms with E-state index in [1.54, 1.807) is 19.2 Å². The van der Waals surface area contributed by atoms with Crippen molar-refractivity contribution in [2.24, 2.45) is 5.92 Å². The molecule has 0 aliphatic heterocycles. The number of amides is 1. The zero-order valence-corrected chi connectivity index (χ0v) is 12.9. The van der Waals surface area contributed by atoms with Gasteiger partial charge < -0.3 is 15.2 Å². The Morgan fingerprint density at radius 1 is 1.35 bits per heavy atom. The van der Waals surface area contributed by atoms with Crippen molar-refractivity contribution < 1.29 is 13.7 Å². The predicted octanol–water partition coefficient (Wildman–Crippen LogP) is 2.13. The Labute approximate surface area is 133 Å². The van der Waals surface area contributed by atoms with Gasteiger partial charge in [0.15, 0.2) is 0 Å². The Bertz CT molecular complexity index is 671. The van der Waals surface area contributed by atoms with Gasteiger partial charge in [-0.25, -0.2) is 4.39 Å². The normalized spacial score (nSPS) is 20.4. The minimum atomic E-state index is -0.275. The van der Waals surface area contributed by atoms with Crippen LogP contribution >= 0.6 is 0 Å². The minimum Gasteiger partial charge on any atom is -0.359 e. The molecule has 1 aliphatic carbocycles. The summed E-state index contributed by atoms with van der Waals surface area (Å²) in [6.07, 6.45) is 3.20. The highest BCUT2D eigenvalue weighted by Crippen LogP contribution is 2.28. The zero-order chi connectivity index (χ0) is 16.2. The highest BCUT2D eigenvalue weighted by Gasteiger charge is 2.33. The molecule has 0 spiro atoms. The molecular formula is C16H19FN4O2. The lowest BCUT2D eigenvalue weighted by atomic mass is 10.0. The van der Waals surface area contributed by atoms with Crippen LogP contribution in [0.3, 0.4) is 0 Å². The lowest BCUT2D eigenvalue weighted by molar-refractivity contribution is -0.124. The lowest BCUT2D eigenvalue weighted by Crippen LogP contribution is -2.36. The van der Waals surface area contributed by atoms with Crippen molar-refractivity contribution in [2.75, 3.05) is 12.4 Å². The number of nitrogens with zero attached hydrogens (tertiary/aromatic N) is 2. The van der Waals surface area contributed by atoms with Crippen LogP contribution in [0, 0.1) is 11.7 Å². The van der Waals surface area contributed by atoms with Gasteiger partial charge in [0, 0.05) is 13.1 Å². The molecule has 0 radical (unpaired) electrons. The molecule has 0 bridgehead atoms. The van der Waals surface area contributed by atoms with Crippen molar-refractivity contribution >= 4 is 11.9 Å². The van der Waals surface area contributed by atoms with Gasteiger partial charge >= 0.3 is 0 Å². The van der Waals surface area contributed by atoms with Gasteiger partial charge in [0.25, 0.3) is 5.95 Å². The summed E-state index contributed by atoms with van der Waals surface area (Å²) in [6, 6.07) is 6.19. The molecule has 23 heavy (non-hydrogen) atoms. The maximum Gasteiger partial charge on any atom is 0.263 e. The van der Waals surface area contributed by atoms with E-state index in [4.69, 9.17) is 4.52 Å². The molecule has 1 amide bonds. The van der Waals surface area contributed by atoms with E-state index in [2.05, 4.69) is 20.8 Å². The Morgan fingerprint density at radius 3 is 2.87 bits per heavy atom. The summed E-state index contributed by atoms with van der Waals surface area (Å²) in [4.78, 5) is 16.1. The molecule has 1 heterocycles. The standard InChI is InChI=1S/C16H19FN4O2/c1-18-15(22)12-3-2-4-13(12)19-16-20-14(23-21-16)9-10-5-7-11(17)8-6-10/h5-8,12-13H,2-4,9H2,1H3,(H,18,22)(H,19,21). The average Bonchev–Trinajstić information content (AvgIpc) is 3.19. The number of hydrogen-bond acceptors (Lipinski definition) is 5. The van der Waals surface area contributed by atoms with Crippen LogP contribution in [-0.2, 0) is 11.2 Å². The fourth-order valence-corrected chi connectivity index (χ4v) is 2.96. The fourth-order valence-electron chi connectivity index (χ4n) is 2.96. The van der Waals surface area contributed by atoms with E-state index in [9.17, 15) is 9.18 Å². The Morgan fingerprint density at radius 2 is 2.13 bits per heavy atom. The van der Waals surface area contributed by atoms with Gasteiger partial charge in [-0.05, 0) is 35.7 Å². The molecule has 1 fully saturated rings. The van der Waals surface area contributed by atoms with Gasteiger partial charge in [0.2, 0.25) is 11.8 Å². The van der Waals surface area contributed by atoms with Gasteiger partial charge in [0.1, 0.15) is 5.82 Å². The molecule has 3 rings (SSSR count). The van der Waals surface area contributed by atoms with E-state index in [0.29, 0.717) is 18.3 Å². The number of anilines is 1. The Hall–Kier alpha value is -2.44. The monoisotopic (exact) mass is 318 g/mol. The Kier molecular flexibility index (Phi) is 4.55. The second kappa shape index (κ2) is 6.76. The molecule has 122 valence electrons. The number of rotatable bonds is 5. The molecule has 7 heteroatoms. The summed E-state index contributed by atoms with van der Waals surface area (Å²) in [5, 5.41) is 9.79. The third kappa shape index (κ3) is 3.67.